The normalized spacial score (nSPS) is 13.1. The van der Waals surface area contributed by atoms with Gasteiger partial charge in [-0.1, -0.05) is 18.2 Å². The third-order valence-corrected chi connectivity index (χ3v) is 6.50. The Morgan fingerprint density at radius 3 is 2.47 bits per heavy atom. The van der Waals surface area contributed by atoms with E-state index in [4.69, 9.17) is 31.2 Å². The number of rotatable bonds is 5. The lowest BCUT2D eigenvalue weighted by atomic mass is 10.1. The number of anilines is 1. The van der Waals surface area contributed by atoms with Gasteiger partial charge < -0.3 is 34.1 Å². The molecule has 0 bridgehead atoms. The second-order valence-electron chi connectivity index (χ2n) is 8.76. The zero-order valence-electron chi connectivity index (χ0n) is 19.5. The molecule has 0 saturated heterocycles. The maximum atomic E-state index is 13.0. The molecule has 0 spiro atoms. The molecule has 2 N–H and O–H groups in total. The summed E-state index contributed by atoms with van der Waals surface area (Å²) in [7, 11) is 0. The van der Waals surface area contributed by atoms with Gasteiger partial charge in [0.1, 0.15) is 0 Å². The summed E-state index contributed by atoms with van der Waals surface area (Å²) in [6.45, 7) is 3.17. The van der Waals surface area contributed by atoms with Crippen molar-refractivity contribution in [2.45, 2.75) is 20.0 Å². The summed E-state index contributed by atoms with van der Waals surface area (Å²) in [6.07, 6.45) is 0. The molecule has 0 unspecified atom stereocenters. The molecule has 0 amide bonds. The Labute approximate surface area is 212 Å². The van der Waals surface area contributed by atoms with Gasteiger partial charge in [0.2, 0.25) is 13.6 Å². The number of nitrogens with one attached hydrogen (secondary N) is 2. The summed E-state index contributed by atoms with van der Waals surface area (Å²) in [6, 6.07) is 19.3. The lowest BCUT2D eigenvalue weighted by Gasteiger charge is -2.26. The summed E-state index contributed by atoms with van der Waals surface area (Å²) in [5.74, 6) is 2.70. The largest absolute Gasteiger partial charge is 0.454 e. The van der Waals surface area contributed by atoms with E-state index in [0.717, 1.165) is 28.0 Å². The van der Waals surface area contributed by atoms with Crippen molar-refractivity contribution in [3.8, 4) is 23.0 Å². The van der Waals surface area contributed by atoms with E-state index in [2.05, 4.69) is 10.3 Å². The number of H-pyrrole nitrogens is 1. The van der Waals surface area contributed by atoms with Crippen LogP contribution >= 0.6 is 12.2 Å². The molecular weight excluding hydrogens is 478 g/mol. The molecule has 0 saturated carbocycles. The SMILES string of the molecule is Cc1cccc(NC(=S)N(Cc2ccc3c(c2)OCO3)Cc2cc3cc4c(cc3[nH]c2=O)OCO4)c1. The minimum Gasteiger partial charge on any atom is -0.454 e. The molecule has 3 aromatic carbocycles. The van der Waals surface area contributed by atoms with Gasteiger partial charge in [-0.2, -0.15) is 0 Å². The van der Waals surface area contributed by atoms with Gasteiger partial charge in [0.05, 0.1) is 12.1 Å². The Morgan fingerprint density at radius 2 is 1.67 bits per heavy atom. The molecule has 0 aliphatic carbocycles. The second kappa shape index (κ2) is 9.09. The average molecular weight is 502 g/mol. The number of aromatic amines is 1. The summed E-state index contributed by atoms with van der Waals surface area (Å²) < 4.78 is 21.9. The van der Waals surface area contributed by atoms with Crippen LogP contribution in [0.3, 0.4) is 0 Å². The number of aryl methyl sites for hydroxylation is 1. The van der Waals surface area contributed by atoms with Crippen molar-refractivity contribution >= 4 is 33.9 Å². The number of benzene rings is 3. The topological polar surface area (TPSA) is 85.1 Å². The number of aromatic nitrogens is 1. The minimum absolute atomic E-state index is 0.172. The van der Waals surface area contributed by atoms with Crippen molar-refractivity contribution < 1.29 is 18.9 Å². The number of hydrogen-bond acceptors (Lipinski definition) is 6. The first-order chi connectivity index (χ1) is 17.5. The molecule has 9 heteroatoms. The average Bonchev–Trinajstić information content (AvgIpc) is 3.51. The zero-order valence-corrected chi connectivity index (χ0v) is 20.3. The van der Waals surface area contributed by atoms with Gasteiger partial charge in [0.15, 0.2) is 28.1 Å². The highest BCUT2D eigenvalue weighted by atomic mass is 32.1. The van der Waals surface area contributed by atoms with E-state index in [-0.39, 0.29) is 19.1 Å². The van der Waals surface area contributed by atoms with Crippen LogP contribution in [-0.4, -0.2) is 28.6 Å². The van der Waals surface area contributed by atoms with Gasteiger partial charge in [0, 0.05) is 29.2 Å². The predicted octanol–water partition coefficient (Wildman–Crippen LogP) is 4.69. The van der Waals surface area contributed by atoms with Gasteiger partial charge in [-0.05, 0) is 66.7 Å². The van der Waals surface area contributed by atoms with Gasteiger partial charge in [0.25, 0.3) is 5.56 Å². The van der Waals surface area contributed by atoms with Crippen LogP contribution in [0.4, 0.5) is 5.69 Å². The molecule has 3 heterocycles. The van der Waals surface area contributed by atoms with Crippen LogP contribution in [0.25, 0.3) is 10.9 Å². The van der Waals surface area contributed by atoms with E-state index in [1.807, 2.05) is 66.4 Å². The highest BCUT2D eigenvalue weighted by Gasteiger charge is 2.19. The van der Waals surface area contributed by atoms with Crippen molar-refractivity contribution in [2.75, 3.05) is 18.9 Å². The minimum atomic E-state index is -0.185. The van der Waals surface area contributed by atoms with Crippen molar-refractivity contribution in [1.82, 2.24) is 9.88 Å². The van der Waals surface area contributed by atoms with Gasteiger partial charge >= 0.3 is 0 Å². The molecule has 0 fully saturated rings. The van der Waals surface area contributed by atoms with Crippen LogP contribution in [0.15, 0.2) is 65.5 Å². The maximum Gasteiger partial charge on any atom is 0.253 e. The Bertz CT molecular complexity index is 1550. The predicted molar refractivity (Wildman–Crippen MR) is 140 cm³/mol. The molecule has 8 nitrogen and oxygen atoms in total. The van der Waals surface area contributed by atoms with E-state index in [0.29, 0.717) is 46.5 Å². The van der Waals surface area contributed by atoms with E-state index < -0.39 is 0 Å². The summed E-state index contributed by atoms with van der Waals surface area (Å²) in [5.41, 5.74) is 4.07. The third-order valence-electron chi connectivity index (χ3n) is 6.14. The number of thiocarbonyl (C=S) groups is 1. The second-order valence-corrected chi connectivity index (χ2v) is 9.15. The monoisotopic (exact) mass is 501 g/mol. The first-order valence-corrected chi connectivity index (χ1v) is 11.9. The lowest BCUT2D eigenvalue weighted by Crippen LogP contribution is -2.35. The van der Waals surface area contributed by atoms with Crippen LogP contribution in [0.1, 0.15) is 16.7 Å². The maximum absolute atomic E-state index is 13.0. The fourth-order valence-corrected chi connectivity index (χ4v) is 4.60. The van der Waals surface area contributed by atoms with Gasteiger partial charge in [-0.15, -0.1) is 0 Å². The van der Waals surface area contributed by atoms with E-state index in [1.54, 1.807) is 6.07 Å². The Morgan fingerprint density at radius 1 is 0.917 bits per heavy atom. The molecule has 0 atom stereocenters. The van der Waals surface area contributed by atoms with Gasteiger partial charge in [-0.25, -0.2) is 0 Å². The summed E-state index contributed by atoms with van der Waals surface area (Å²) in [5, 5.41) is 4.68. The smallest absolute Gasteiger partial charge is 0.253 e. The quantitative estimate of drug-likeness (QED) is 0.381. The fourth-order valence-electron chi connectivity index (χ4n) is 4.35. The lowest BCUT2D eigenvalue weighted by molar-refractivity contribution is 0.173. The molecular formula is C27H23N3O5S. The number of nitrogens with zero attached hydrogens (tertiary/aromatic N) is 1. The summed E-state index contributed by atoms with van der Waals surface area (Å²) in [4.78, 5) is 18.0. The van der Waals surface area contributed by atoms with Crippen molar-refractivity contribution in [2.24, 2.45) is 0 Å². The zero-order chi connectivity index (χ0) is 24.6. The molecule has 0 radical (unpaired) electrons. The van der Waals surface area contributed by atoms with Crippen molar-refractivity contribution in [1.29, 1.82) is 0 Å². The number of ether oxygens (including phenoxy) is 4. The Hall–Kier alpha value is -4.24. The van der Waals surface area contributed by atoms with Crippen LogP contribution in [0.2, 0.25) is 0 Å². The molecule has 182 valence electrons. The van der Waals surface area contributed by atoms with Crippen LogP contribution in [0, 0.1) is 6.92 Å². The number of hydrogen-bond donors (Lipinski definition) is 2. The molecule has 2 aliphatic rings. The fraction of sp³-hybridized carbons (Fsp3) is 0.185. The summed E-state index contributed by atoms with van der Waals surface area (Å²) >= 11 is 5.81. The molecule has 36 heavy (non-hydrogen) atoms. The molecule has 4 aromatic rings. The number of fused-ring (bicyclic) bond motifs is 3. The van der Waals surface area contributed by atoms with Gasteiger partial charge in [-0.3, -0.25) is 4.79 Å². The first kappa shape index (κ1) is 22.2. The van der Waals surface area contributed by atoms with Crippen molar-refractivity contribution in [3.05, 3.63) is 87.7 Å². The highest BCUT2D eigenvalue weighted by molar-refractivity contribution is 7.80. The molecule has 1 aromatic heterocycles. The standard InChI is InChI=1S/C27H23N3O5S/c1-16-3-2-4-20(7-16)28-27(36)30(12-17-5-6-22-23(8-17)33-14-32-22)13-19-9-18-10-24-25(35-15-34-24)11-21(18)29-26(19)31/h2-11H,12-15H2,1H3,(H,28,36)(H,29,31). The Balaban J connectivity index is 1.32. The van der Waals surface area contributed by atoms with E-state index in [1.165, 1.54) is 0 Å². The Kier molecular flexibility index (Phi) is 5.61. The van der Waals surface area contributed by atoms with Crippen LogP contribution in [-0.2, 0) is 13.1 Å². The third kappa shape index (κ3) is 4.40. The van der Waals surface area contributed by atoms with Crippen LogP contribution < -0.4 is 29.8 Å². The first-order valence-electron chi connectivity index (χ1n) is 11.5. The molecule has 2 aliphatic heterocycles. The van der Waals surface area contributed by atoms with E-state index in [9.17, 15) is 4.79 Å². The highest BCUT2D eigenvalue weighted by Crippen LogP contribution is 2.35. The van der Waals surface area contributed by atoms with E-state index >= 15 is 0 Å². The van der Waals surface area contributed by atoms with Crippen molar-refractivity contribution in [3.63, 3.8) is 0 Å². The molecule has 6 rings (SSSR count). The number of pyridine rings is 1. The van der Waals surface area contributed by atoms with Crippen LogP contribution in [0.5, 0.6) is 23.0 Å².